The van der Waals surface area contributed by atoms with Crippen molar-refractivity contribution < 1.29 is 17.9 Å². The molecule has 0 bridgehead atoms. The first-order valence-electron chi connectivity index (χ1n) is 4.33. The third kappa shape index (κ3) is 9.63. The molecule has 2 nitrogen and oxygen atoms in total. The van der Waals surface area contributed by atoms with E-state index < -0.39 is 12.6 Å². The highest BCUT2D eigenvalue weighted by Gasteiger charge is 2.26. The molecule has 0 aliphatic heterocycles. The van der Waals surface area contributed by atoms with E-state index in [-0.39, 0.29) is 12.6 Å². The van der Waals surface area contributed by atoms with Crippen molar-refractivity contribution in [3.8, 4) is 0 Å². The van der Waals surface area contributed by atoms with E-state index in [4.69, 9.17) is 4.74 Å². The third-order valence-electron chi connectivity index (χ3n) is 1.45. The Kier molecular flexibility index (Phi) is 6.07. The van der Waals surface area contributed by atoms with Gasteiger partial charge in [-0.15, -0.1) is 0 Å². The topological polar surface area (TPSA) is 21.3 Å². The van der Waals surface area contributed by atoms with Gasteiger partial charge in [0.1, 0.15) is 0 Å². The molecule has 1 N–H and O–H groups in total. The molecule has 0 fully saturated rings. The number of rotatable bonds is 6. The van der Waals surface area contributed by atoms with Crippen LogP contribution >= 0.6 is 0 Å². The highest BCUT2D eigenvalue weighted by Crippen LogP contribution is 2.18. The fourth-order valence-electron chi connectivity index (χ4n) is 0.855. The summed E-state index contributed by atoms with van der Waals surface area (Å²) in [5, 5.41) is 3.04. The van der Waals surface area contributed by atoms with Crippen LogP contribution in [0.1, 0.15) is 20.3 Å². The van der Waals surface area contributed by atoms with Crippen molar-refractivity contribution in [3.05, 3.63) is 0 Å². The summed E-state index contributed by atoms with van der Waals surface area (Å²) in [6.07, 6.45) is -4.98. The maximum Gasteiger partial charge on any atom is 0.391 e. The van der Waals surface area contributed by atoms with Crippen LogP contribution in [-0.4, -0.2) is 32.0 Å². The van der Waals surface area contributed by atoms with Gasteiger partial charge < -0.3 is 10.1 Å². The van der Waals surface area contributed by atoms with Gasteiger partial charge in [0.25, 0.3) is 0 Å². The lowest BCUT2D eigenvalue weighted by Gasteiger charge is -2.13. The molecule has 0 aromatic heterocycles. The highest BCUT2D eigenvalue weighted by molar-refractivity contribution is 4.57. The van der Waals surface area contributed by atoms with Gasteiger partial charge in [0, 0.05) is 6.04 Å². The predicted octanol–water partition coefficient (Wildman–Crippen LogP) is 1.95. The second kappa shape index (κ2) is 6.21. The Morgan fingerprint density at radius 1 is 1.38 bits per heavy atom. The summed E-state index contributed by atoms with van der Waals surface area (Å²) in [5.41, 5.74) is 0. The number of ether oxygens (including phenoxy) is 1. The molecule has 0 aliphatic rings. The van der Waals surface area contributed by atoms with Gasteiger partial charge in [-0.3, -0.25) is 0 Å². The van der Waals surface area contributed by atoms with Crippen LogP contribution in [0.15, 0.2) is 0 Å². The molecule has 0 heterocycles. The van der Waals surface area contributed by atoms with Gasteiger partial charge >= 0.3 is 6.18 Å². The molecule has 0 spiro atoms. The zero-order chi connectivity index (χ0) is 10.3. The van der Waals surface area contributed by atoms with Crippen LogP contribution in [0.25, 0.3) is 0 Å². The van der Waals surface area contributed by atoms with Gasteiger partial charge in [-0.2, -0.15) is 13.2 Å². The minimum atomic E-state index is -4.11. The molecule has 80 valence electrons. The van der Waals surface area contributed by atoms with Crippen molar-refractivity contribution in [1.82, 2.24) is 5.32 Å². The molecule has 1 atom stereocenters. The van der Waals surface area contributed by atoms with Crippen molar-refractivity contribution >= 4 is 0 Å². The molecule has 5 heteroatoms. The molecule has 0 aromatic rings. The van der Waals surface area contributed by atoms with Gasteiger partial charge in [-0.25, -0.2) is 0 Å². The van der Waals surface area contributed by atoms with E-state index in [0.29, 0.717) is 6.61 Å². The molecule has 0 rings (SSSR count). The summed E-state index contributed by atoms with van der Waals surface area (Å²) in [4.78, 5) is 0. The molecular formula is C8H16F3NO. The molecule has 0 aromatic carbocycles. The maximum atomic E-state index is 11.6. The van der Waals surface area contributed by atoms with Gasteiger partial charge in [-0.05, 0) is 13.5 Å². The zero-order valence-corrected chi connectivity index (χ0v) is 7.95. The Labute approximate surface area is 76.5 Å². The van der Waals surface area contributed by atoms with E-state index in [1.54, 1.807) is 0 Å². The second-order valence-electron chi connectivity index (χ2n) is 2.90. The SMILES string of the molecule is CCNC(C)COCCC(F)(F)F. The van der Waals surface area contributed by atoms with E-state index in [1.165, 1.54) is 0 Å². The summed E-state index contributed by atoms with van der Waals surface area (Å²) < 4.78 is 39.7. The smallest absolute Gasteiger partial charge is 0.379 e. The fourth-order valence-corrected chi connectivity index (χ4v) is 0.855. The van der Waals surface area contributed by atoms with E-state index in [1.807, 2.05) is 13.8 Å². The van der Waals surface area contributed by atoms with Crippen molar-refractivity contribution in [2.24, 2.45) is 0 Å². The molecule has 0 aliphatic carbocycles. The van der Waals surface area contributed by atoms with Crippen molar-refractivity contribution in [1.29, 1.82) is 0 Å². The maximum absolute atomic E-state index is 11.6. The first-order valence-corrected chi connectivity index (χ1v) is 4.33. The average Bonchev–Trinajstić information content (AvgIpc) is 1.97. The first-order chi connectivity index (χ1) is 5.95. The summed E-state index contributed by atoms with van der Waals surface area (Å²) in [5.74, 6) is 0. The van der Waals surface area contributed by atoms with Crippen LogP contribution in [0.3, 0.4) is 0 Å². The molecule has 1 unspecified atom stereocenters. The first kappa shape index (κ1) is 12.7. The van der Waals surface area contributed by atoms with Crippen LogP contribution in [-0.2, 0) is 4.74 Å². The number of nitrogens with one attached hydrogen (secondary N) is 1. The average molecular weight is 199 g/mol. The summed E-state index contributed by atoms with van der Waals surface area (Å²) >= 11 is 0. The standard InChI is InChI=1S/C8H16F3NO/c1-3-12-7(2)6-13-5-4-8(9,10)11/h7,12H,3-6H2,1-2H3. The van der Waals surface area contributed by atoms with Crippen molar-refractivity contribution in [3.63, 3.8) is 0 Å². The lowest BCUT2D eigenvalue weighted by Crippen LogP contribution is -2.30. The number of hydrogen-bond acceptors (Lipinski definition) is 2. The Balaban J connectivity index is 3.25. The normalized spacial score (nSPS) is 14.5. The molecule has 0 amide bonds. The minimum absolute atomic E-state index is 0.109. The van der Waals surface area contributed by atoms with Crippen molar-refractivity contribution in [2.75, 3.05) is 19.8 Å². The van der Waals surface area contributed by atoms with Crippen LogP contribution in [0.4, 0.5) is 13.2 Å². The van der Waals surface area contributed by atoms with E-state index in [2.05, 4.69) is 5.32 Å². The Morgan fingerprint density at radius 2 is 2.00 bits per heavy atom. The highest BCUT2D eigenvalue weighted by atomic mass is 19.4. The zero-order valence-electron chi connectivity index (χ0n) is 7.95. The van der Waals surface area contributed by atoms with E-state index in [9.17, 15) is 13.2 Å². The molecule has 0 radical (unpaired) electrons. The van der Waals surface area contributed by atoms with Gasteiger partial charge in [-0.1, -0.05) is 6.92 Å². The fraction of sp³-hybridized carbons (Fsp3) is 1.00. The lowest BCUT2D eigenvalue weighted by atomic mass is 10.3. The number of hydrogen-bond donors (Lipinski definition) is 1. The summed E-state index contributed by atoms with van der Waals surface area (Å²) in [6, 6.07) is 0.109. The second-order valence-corrected chi connectivity index (χ2v) is 2.90. The van der Waals surface area contributed by atoms with Crippen LogP contribution in [0.5, 0.6) is 0 Å². The number of alkyl halides is 3. The number of halogens is 3. The molecule has 0 saturated heterocycles. The number of likely N-dealkylation sites (N-methyl/N-ethyl adjacent to an activating group) is 1. The van der Waals surface area contributed by atoms with Gasteiger partial charge in [0.05, 0.1) is 19.6 Å². The van der Waals surface area contributed by atoms with E-state index in [0.717, 1.165) is 6.54 Å². The Bertz CT molecular complexity index is 127. The Hall–Kier alpha value is -0.290. The monoisotopic (exact) mass is 199 g/mol. The quantitative estimate of drug-likeness (QED) is 0.660. The third-order valence-corrected chi connectivity index (χ3v) is 1.45. The largest absolute Gasteiger partial charge is 0.391 e. The van der Waals surface area contributed by atoms with Crippen LogP contribution in [0.2, 0.25) is 0 Å². The summed E-state index contributed by atoms with van der Waals surface area (Å²) in [6.45, 7) is 4.68. The molecular weight excluding hydrogens is 183 g/mol. The van der Waals surface area contributed by atoms with Gasteiger partial charge in [0.15, 0.2) is 0 Å². The molecule has 13 heavy (non-hydrogen) atoms. The minimum Gasteiger partial charge on any atom is -0.379 e. The van der Waals surface area contributed by atoms with Crippen LogP contribution in [0, 0.1) is 0 Å². The van der Waals surface area contributed by atoms with Gasteiger partial charge in [0.2, 0.25) is 0 Å². The van der Waals surface area contributed by atoms with Crippen LogP contribution < -0.4 is 5.32 Å². The lowest BCUT2D eigenvalue weighted by molar-refractivity contribution is -0.145. The predicted molar refractivity (Wildman–Crippen MR) is 44.6 cm³/mol. The molecule has 0 saturated carbocycles. The van der Waals surface area contributed by atoms with E-state index >= 15 is 0 Å². The summed E-state index contributed by atoms with van der Waals surface area (Å²) in [7, 11) is 0. The Morgan fingerprint density at radius 3 is 2.46 bits per heavy atom. The van der Waals surface area contributed by atoms with Crippen molar-refractivity contribution in [2.45, 2.75) is 32.5 Å².